The van der Waals surface area contributed by atoms with Crippen LogP contribution >= 0.6 is 11.3 Å². The topological polar surface area (TPSA) is 74.1 Å². The molecule has 0 atom stereocenters. The van der Waals surface area contributed by atoms with Crippen molar-refractivity contribution in [2.75, 3.05) is 11.4 Å². The standard InChI is InChI=1S/C12H11N3O2S2/c1-9-14-8-12(18-9)19(16,17)15(2)11-6-4-3-5-10(11)7-13/h3-6,8H,1-2H3. The third-order valence-electron chi connectivity index (χ3n) is 2.58. The zero-order chi connectivity index (χ0) is 14.0. The van der Waals surface area contributed by atoms with Gasteiger partial charge in [-0.25, -0.2) is 13.4 Å². The molecule has 0 aliphatic heterocycles. The second-order valence-corrected chi connectivity index (χ2v) is 7.23. The fraction of sp³-hybridized carbons (Fsp3) is 0.167. The van der Waals surface area contributed by atoms with Crippen molar-refractivity contribution < 1.29 is 8.42 Å². The second-order valence-electron chi connectivity index (χ2n) is 3.80. The highest BCUT2D eigenvalue weighted by atomic mass is 32.2. The third-order valence-corrected chi connectivity index (χ3v) is 5.70. The van der Waals surface area contributed by atoms with Crippen LogP contribution in [0.25, 0.3) is 0 Å². The molecule has 1 aromatic heterocycles. The molecule has 0 saturated heterocycles. The summed E-state index contributed by atoms with van der Waals surface area (Å²) in [5.41, 5.74) is 0.672. The van der Waals surface area contributed by atoms with Gasteiger partial charge in [0, 0.05) is 7.05 Å². The van der Waals surface area contributed by atoms with Gasteiger partial charge in [0.05, 0.1) is 22.5 Å². The minimum absolute atomic E-state index is 0.167. The van der Waals surface area contributed by atoms with E-state index in [-0.39, 0.29) is 4.21 Å². The first kappa shape index (κ1) is 13.5. The molecule has 2 rings (SSSR count). The summed E-state index contributed by atoms with van der Waals surface area (Å²) >= 11 is 1.11. The van der Waals surface area contributed by atoms with Gasteiger partial charge in [-0.15, -0.1) is 11.3 Å². The predicted octanol–water partition coefficient (Wildman–Crippen LogP) is 2.15. The Bertz CT molecular complexity index is 744. The van der Waals surface area contributed by atoms with Crippen molar-refractivity contribution in [3.8, 4) is 6.07 Å². The van der Waals surface area contributed by atoms with E-state index in [0.29, 0.717) is 16.3 Å². The van der Waals surface area contributed by atoms with Crippen LogP contribution in [0.15, 0.2) is 34.7 Å². The molecule has 0 spiro atoms. The lowest BCUT2D eigenvalue weighted by Crippen LogP contribution is -2.26. The van der Waals surface area contributed by atoms with E-state index >= 15 is 0 Å². The molecule has 19 heavy (non-hydrogen) atoms. The van der Waals surface area contributed by atoms with Gasteiger partial charge in [0.15, 0.2) is 4.21 Å². The van der Waals surface area contributed by atoms with Crippen molar-refractivity contribution >= 4 is 27.0 Å². The smallest absolute Gasteiger partial charge is 0.267 e. The Morgan fingerprint density at radius 2 is 2.05 bits per heavy atom. The largest absolute Gasteiger partial charge is 0.275 e. The summed E-state index contributed by atoms with van der Waals surface area (Å²) in [5, 5.41) is 9.71. The van der Waals surface area contributed by atoms with Crippen LogP contribution < -0.4 is 4.31 Å². The Kier molecular flexibility index (Phi) is 3.55. The van der Waals surface area contributed by atoms with Crippen LogP contribution in [0.4, 0.5) is 5.69 Å². The third kappa shape index (κ3) is 2.45. The molecule has 5 nitrogen and oxygen atoms in total. The Hall–Kier alpha value is -1.91. The summed E-state index contributed by atoms with van der Waals surface area (Å²) in [4.78, 5) is 3.95. The molecule has 0 bridgehead atoms. The zero-order valence-electron chi connectivity index (χ0n) is 10.4. The van der Waals surface area contributed by atoms with Crippen molar-refractivity contribution in [3.05, 3.63) is 41.0 Å². The average Bonchev–Trinajstić information content (AvgIpc) is 2.85. The molecule has 0 unspecified atom stereocenters. The van der Waals surface area contributed by atoms with Gasteiger partial charge < -0.3 is 0 Å². The van der Waals surface area contributed by atoms with Gasteiger partial charge in [-0.2, -0.15) is 5.26 Å². The van der Waals surface area contributed by atoms with Crippen LogP contribution in [0.3, 0.4) is 0 Å². The number of nitriles is 1. The number of hydrogen-bond donors (Lipinski definition) is 0. The first-order valence-corrected chi connectivity index (χ1v) is 7.63. The monoisotopic (exact) mass is 293 g/mol. The van der Waals surface area contributed by atoms with E-state index in [2.05, 4.69) is 4.98 Å². The molecule has 0 aliphatic carbocycles. The number of rotatable bonds is 3. The maximum atomic E-state index is 12.4. The maximum absolute atomic E-state index is 12.4. The normalized spacial score (nSPS) is 11.0. The number of hydrogen-bond acceptors (Lipinski definition) is 5. The molecule has 0 saturated carbocycles. The molecule has 1 aromatic carbocycles. The molecule has 0 aliphatic rings. The first-order chi connectivity index (χ1) is 8.96. The van der Waals surface area contributed by atoms with Gasteiger partial charge >= 0.3 is 0 Å². The van der Waals surface area contributed by atoms with Gasteiger partial charge in [0.1, 0.15) is 6.07 Å². The van der Waals surface area contributed by atoms with E-state index in [9.17, 15) is 8.42 Å². The summed E-state index contributed by atoms with van der Waals surface area (Å²) in [6, 6.07) is 8.56. The van der Waals surface area contributed by atoms with Crippen molar-refractivity contribution in [2.24, 2.45) is 0 Å². The van der Waals surface area contributed by atoms with E-state index < -0.39 is 10.0 Å². The van der Waals surface area contributed by atoms with Gasteiger partial charge in [-0.05, 0) is 19.1 Å². The number of nitrogens with zero attached hydrogens (tertiary/aromatic N) is 3. The van der Waals surface area contributed by atoms with E-state index in [1.165, 1.54) is 13.2 Å². The summed E-state index contributed by atoms with van der Waals surface area (Å²) < 4.78 is 26.1. The number of sulfonamides is 1. The maximum Gasteiger partial charge on any atom is 0.275 e. The van der Waals surface area contributed by atoms with Crippen LogP contribution in [0, 0.1) is 18.3 Å². The molecule has 7 heteroatoms. The Morgan fingerprint density at radius 1 is 1.37 bits per heavy atom. The molecule has 2 aromatic rings. The number of anilines is 1. The lowest BCUT2D eigenvalue weighted by molar-refractivity contribution is 0.596. The van der Waals surface area contributed by atoms with Crippen molar-refractivity contribution in [3.63, 3.8) is 0 Å². The van der Waals surface area contributed by atoms with Gasteiger partial charge in [0.25, 0.3) is 10.0 Å². The van der Waals surface area contributed by atoms with Gasteiger partial charge in [-0.3, -0.25) is 4.31 Å². The average molecular weight is 293 g/mol. The van der Waals surface area contributed by atoms with Crippen LogP contribution in [-0.4, -0.2) is 20.4 Å². The number of thiazole rings is 1. The number of benzene rings is 1. The lowest BCUT2D eigenvalue weighted by Gasteiger charge is -2.19. The molecule has 0 fully saturated rings. The highest BCUT2D eigenvalue weighted by molar-refractivity contribution is 7.94. The number of aromatic nitrogens is 1. The van der Waals surface area contributed by atoms with Crippen LogP contribution in [-0.2, 0) is 10.0 Å². The molecule has 0 radical (unpaired) electrons. The summed E-state index contributed by atoms with van der Waals surface area (Å²) in [7, 11) is -2.23. The molecule has 0 amide bonds. The molecule has 98 valence electrons. The van der Waals surface area contributed by atoms with Crippen LogP contribution in [0.1, 0.15) is 10.6 Å². The Morgan fingerprint density at radius 3 is 2.63 bits per heavy atom. The fourth-order valence-corrected chi connectivity index (χ4v) is 4.06. The summed E-state index contributed by atoms with van der Waals surface area (Å²) in [5.74, 6) is 0. The van der Waals surface area contributed by atoms with E-state index in [0.717, 1.165) is 15.6 Å². The van der Waals surface area contributed by atoms with Gasteiger partial charge in [0.2, 0.25) is 0 Å². The van der Waals surface area contributed by atoms with Crippen molar-refractivity contribution in [2.45, 2.75) is 11.1 Å². The SMILES string of the molecule is Cc1ncc(S(=O)(=O)N(C)c2ccccc2C#N)s1. The molecule has 0 N–H and O–H groups in total. The molecule has 1 heterocycles. The molecular formula is C12H11N3O2S2. The predicted molar refractivity (Wildman–Crippen MR) is 73.6 cm³/mol. The van der Waals surface area contributed by atoms with E-state index in [1.54, 1.807) is 31.2 Å². The minimum atomic E-state index is -3.67. The highest BCUT2D eigenvalue weighted by Crippen LogP contribution is 2.27. The summed E-state index contributed by atoms with van der Waals surface area (Å²) in [6.07, 6.45) is 1.33. The minimum Gasteiger partial charge on any atom is -0.267 e. The fourth-order valence-electron chi connectivity index (χ4n) is 1.57. The number of aryl methyl sites for hydroxylation is 1. The Labute approximate surface area is 115 Å². The summed E-state index contributed by atoms with van der Waals surface area (Å²) in [6.45, 7) is 1.74. The van der Waals surface area contributed by atoms with E-state index in [1.807, 2.05) is 6.07 Å². The quantitative estimate of drug-likeness (QED) is 0.869. The van der Waals surface area contributed by atoms with Gasteiger partial charge in [-0.1, -0.05) is 12.1 Å². The van der Waals surface area contributed by atoms with E-state index in [4.69, 9.17) is 5.26 Å². The van der Waals surface area contributed by atoms with Crippen molar-refractivity contribution in [1.29, 1.82) is 5.26 Å². The first-order valence-electron chi connectivity index (χ1n) is 5.37. The molecular weight excluding hydrogens is 282 g/mol. The van der Waals surface area contributed by atoms with Crippen LogP contribution in [0.2, 0.25) is 0 Å². The lowest BCUT2D eigenvalue weighted by atomic mass is 10.2. The Balaban J connectivity index is 2.50. The highest BCUT2D eigenvalue weighted by Gasteiger charge is 2.25. The number of para-hydroxylation sites is 1. The second kappa shape index (κ2) is 4.99. The zero-order valence-corrected chi connectivity index (χ0v) is 12.0. The van der Waals surface area contributed by atoms with Crippen LogP contribution in [0.5, 0.6) is 0 Å². The van der Waals surface area contributed by atoms with Crippen molar-refractivity contribution in [1.82, 2.24) is 4.98 Å².